The highest BCUT2D eigenvalue weighted by molar-refractivity contribution is 7.88. The van der Waals surface area contributed by atoms with Gasteiger partial charge in [0.05, 0.1) is 12.8 Å². The van der Waals surface area contributed by atoms with Crippen LogP contribution in [0.25, 0.3) is 5.69 Å². The normalized spacial score (nSPS) is 16.5. The number of carbonyl (C=O) groups is 1. The number of ether oxygens (including phenoxy) is 1. The van der Waals surface area contributed by atoms with Crippen LogP contribution in [-0.2, 0) is 10.0 Å². The number of carbonyl (C=O) groups excluding carboxylic acids is 1. The van der Waals surface area contributed by atoms with Crippen LogP contribution in [0.2, 0.25) is 0 Å². The van der Waals surface area contributed by atoms with Crippen molar-refractivity contribution in [2.45, 2.75) is 20.2 Å². The van der Waals surface area contributed by atoms with E-state index in [9.17, 15) is 26.4 Å². The van der Waals surface area contributed by atoms with Crippen molar-refractivity contribution in [2.24, 2.45) is 0 Å². The molecule has 2 heterocycles. The number of rotatable bonds is 6. The Hall–Kier alpha value is -2.37. The highest BCUT2D eigenvalue weighted by Gasteiger charge is 2.31. The summed E-state index contributed by atoms with van der Waals surface area (Å²) >= 11 is 0. The van der Waals surface area contributed by atoms with Crippen LogP contribution in [0.3, 0.4) is 0 Å². The first kappa shape index (κ1) is 23.3. The molecule has 7 nitrogen and oxygen atoms in total. The van der Waals surface area contributed by atoms with E-state index in [1.807, 2.05) is 11.8 Å². The molecule has 1 aromatic carbocycles. The first-order valence-electron chi connectivity index (χ1n) is 9.61. The number of nitrogens with zero attached hydrogens (tertiary/aromatic N) is 3. The van der Waals surface area contributed by atoms with Crippen LogP contribution in [0.4, 0.5) is 13.2 Å². The average molecular weight is 459 g/mol. The van der Waals surface area contributed by atoms with E-state index in [1.54, 1.807) is 17.6 Å². The molecule has 0 amide bonds. The third kappa shape index (κ3) is 5.66. The molecular formula is C20H24F3N3O4S. The van der Waals surface area contributed by atoms with Crippen LogP contribution in [0.15, 0.2) is 30.3 Å². The Kier molecular flexibility index (Phi) is 6.49. The van der Waals surface area contributed by atoms with Gasteiger partial charge in [0.2, 0.25) is 10.0 Å². The van der Waals surface area contributed by atoms with Gasteiger partial charge < -0.3 is 9.30 Å². The van der Waals surface area contributed by atoms with Crippen LogP contribution >= 0.6 is 0 Å². The van der Waals surface area contributed by atoms with E-state index in [1.165, 1.54) is 34.8 Å². The maximum atomic E-state index is 12.9. The van der Waals surface area contributed by atoms with Gasteiger partial charge in [-0.1, -0.05) is 0 Å². The predicted octanol–water partition coefficient (Wildman–Crippen LogP) is 2.75. The highest BCUT2D eigenvalue weighted by Crippen LogP contribution is 2.26. The molecule has 1 aliphatic heterocycles. The summed E-state index contributed by atoms with van der Waals surface area (Å²) in [6.07, 6.45) is -3.59. The smallest absolute Gasteiger partial charge is 0.406 e. The van der Waals surface area contributed by atoms with E-state index in [4.69, 9.17) is 0 Å². The number of piperazine rings is 1. The quantitative estimate of drug-likeness (QED) is 0.622. The van der Waals surface area contributed by atoms with Gasteiger partial charge in [0.15, 0.2) is 5.78 Å². The Labute approximate surface area is 179 Å². The molecule has 0 N–H and O–H groups in total. The molecule has 3 rings (SSSR count). The van der Waals surface area contributed by atoms with Crippen molar-refractivity contribution in [1.29, 1.82) is 0 Å². The second-order valence-corrected chi connectivity index (χ2v) is 9.51. The number of sulfonamides is 1. The molecule has 2 aromatic rings. The van der Waals surface area contributed by atoms with Gasteiger partial charge in [0.1, 0.15) is 5.75 Å². The number of hydrogen-bond donors (Lipinski definition) is 0. The van der Waals surface area contributed by atoms with Crippen molar-refractivity contribution in [1.82, 2.24) is 13.8 Å². The largest absolute Gasteiger partial charge is 0.573 e. The molecule has 1 aliphatic rings. The summed E-state index contributed by atoms with van der Waals surface area (Å²) < 4.78 is 67.4. The molecule has 0 atom stereocenters. The van der Waals surface area contributed by atoms with Crippen molar-refractivity contribution < 1.29 is 31.1 Å². The fourth-order valence-corrected chi connectivity index (χ4v) is 4.57. The zero-order chi connectivity index (χ0) is 23.0. The lowest BCUT2D eigenvalue weighted by atomic mass is 10.1. The zero-order valence-electron chi connectivity index (χ0n) is 17.4. The standard InChI is InChI=1S/C20H24F3N3O4S/c1-14-12-18(19(27)13-24-8-10-25(11-9-24)31(3,28)29)15(2)26(14)16-4-6-17(7-5-16)30-20(21,22)23/h4-7,12H,8-11,13H2,1-3H3. The van der Waals surface area contributed by atoms with E-state index >= 15 is 0 Å². The summed E-state index contributed by atoms with van der Waals surface area (Å²) in [5.74, 6) is -0.410. The van der Waals surface area contributed by atoms with Gasteiger partial charge in [-0.15, -0.1) is 13.2 Å². The van der Waals surface area contributed by atoms with Gasteiger partial charge >= 0.3 is 6.36 Å². The summed E-state index contributed by atoms with van der Waals surface area (Å²) in [5.41, 5.74) is 2.60. The molecule has 1 saturated heterocycles. The Morgan fingerprint density at radius 1 is 1.06 bits per heavy atom. The highest BCUT2D eigenvalue weighted by atomic mass is 32.2. The van der Waals surface area contributed by atoms with Gasteiger partial charge in [-0.3, -0.25) is 9.69 Å². The van der Waals surface area contributed by atoms with E-state index in [2.05, 4.69) is 4.74 Å². The summed E-state index contributed by atoms with van der Waals surface area (Å²) in [5, 5.41) is 0. The van der Waals surface area contributed by atoms with Gasteiger partial charge in [0.25, 0.3) is 0 Å². The second kappa shape index (κ2) is 8.64. The van der Waals surface area contributed by atoms with Gasteiger partial charge in [-0.25, -0.2) is 8.42 Å². The second-order valence-electron chi connectivity index (χ2n) is 7.52. The predicted molar refractivity (Wildman–Crippen MR) is 109 cm³/mol. The molecule has 0 bridgehead atoms. The van der Waals surface area contributed by atoms with Crippen molar-refractivity contribution >= 4 is 15.8 Å². The summed E-state index contributed by atoms with van der Waals surface area (Å²) in [6.45, 7) is 5.39. The molecule has 31 heavy (non-hydrogen) atoms. The number of aryl methyl sites for hydroxylation is 1. The molecule has 170 valence electrons. The Bertz CT molecular complexity index is 1050. The minimum Gasteiger partial charge on any atom is -0.406 e. The SMILES string of the molecule is Cc1cc(C(=O)CN2CCN(S(C)(=O)=O)CC2)c(C)n1-c1ccc(OC(F)(F)F)cc1. The van der Waals surface area contributed by atoms with Crippen molar-refractivity contribution in [2.75, 3.05) is 39.0 Å². The lowest BCUT2D eigenvalue weighted by molar-refractivity contribution is -0.274. The molecule has 0 unspecified atom stereocenters. The maximum absolute atomic E-state index is 12.9. The first-order valence-corrected chi connectivity index (χ1v) is 11.5. The van der Waals surface area contributed by atoms with E-state index < -0.39 is 16.4 Å². The lowest BCUT2D eigenvalue weighted by Gasteiger charge is -2.32. The van der Waals surface area contributed by atoms with Crippen molar-refractivity contribution in [3.63, 3.8) is 0 Å². The molecule has 0 saturated carbocycles. The summed E-state index contributed by atoms with van der Waals surface area (Å²) in [7, 11) is -3.24. The molecule has 11 heteroatoms. The molecule has 1 aromatic heterocycles. The van der Waals surface area contributed by atoms with Crippen LogP contribution in [-0.4, -0.2) is 73.3 Å². The topological polar surface area (TPSA) is 71.9 Å². The van der Waals surface area contributed by atoms with E-state index in [-0.39, 0.29) is 18.1 Å². The van der Waals surface area contributed by atoms with Gasteiger partial charge in [-0.05, 0) is 44.2 Å². The summed E-state index contributed by atoms with van der Waals surface area (Å²) in [6, 6.07) is 7.21. The Morgan fingerprint density at radius 2 is 1.65 bits per heavy atom. The van der Waals surface area contributed by atoms with Crippen molar-refractivity contribution in [3.05, 3.63) is 47.3 Å². The Balaban J connectivity index is 1.72. The van der Waals surface area contributed by atoms with Crippen molar-refractivity contribution in [3.8, 4) is 11.4 Å². The molecule has 0 spiro atoms. The number of ketones is 1. The van der Waals surface area contributed by atoms with E-state index in [0.29, 0.717) is 43.1 Å². The Morgan fingerprint density at radius 3 is 2.16 bits per heavy atom. The lowest BCUT2D eigenvalue weighted by Crippen LogP contribution is -2.49. The number of hydrogen-bond acceptors (Lipinski definition) is 5. The number of halogens is 3. The number of alkyl halides is 3. The zero-order valence-corrected chi connectivity index (χ0v) is 18.3. The minimum absolute atomic E-state index is 0.0934. The first-order chi connectivity index (χ1) is 14.3. The maximum Gasteiger partial charge on any atom is 0.573 e. The molecule has 0 radical (unpaired) electrons. The summed E-state index contributed by atoms with van der Waals surface area (Å²) in [4.78, 5) is 14.8. The monoisotopic (exact) mass is 459 g/mol. The number of aromatic nitrogens is 1. The van der Waals surface area contributed by atoms with Crippen LogP contribution in [0, 0.1) is 13.8 Å². The molecule has 1 fully saturated rings. The molecular weight excluding hydrogens is 435 g/mol. The third-order valence-electron chi connectivity index (χ3n) is 5.23. The number of Topliss-reactive ketones (excluding diaryl/α,β-unsaturated/α-hetero) is 1. The van der Waals surface area contributed by atoms with Crippen LogP contribution in [0.5, 0.6) is 5.75 Å². The molecule has 0 aliphatic carbocycles. The fraction of sp³-hybridized carbons (Fsp3) is 0.450. The van der Waals surface area contributed by atoms with E-state index in [0.717, 1.165) is 5.69 Å². The average Bonchev–Trinajstić information content (AvgIpc) is 2.95. The minimum atomic E-state index is -4.76. The van der Waals surface area contributed by atoms with Gasteiger partial charge in [0, 0.05) is 48.8 Å². The number of benzene rings is 1. The van der Waals surface area contributed by atoms with Gasteiger partial charge in [-0.2, -0.15) is 4.31 Å². The fourth-order valence-electron chi connectivity index (χ4n) is 3.75. The van der Waals surface area contributed by atoms with Crippen LogP contribution < -0.4 is 4.74 Å². The third-order valence-corrected chi connectivity index (χ3v) is 6.53. The van der Waals surface area contributed by atoms with Crippen LogP contribution in [0.1, 0.15) is 21.7 Å².